The summed E-state index contributed by atoms with van der Waals surface area (Å²) in [6.45, 7) is 4.04. The van der Waals surface area contributed by atoms with E-state index in [1.165, 1.54) is 0 Å². The van der Waals surface area contributed by atoms with Crippen molar-refractivity contribution in [3.05, 3.63) is 74.8 Å². The average Bonchev–Trinajstić information content (AvgIpc) is 2.67. The van der Waals surface area contributed by atoms with Crippen LogP contribution in [0.1, 0.15) is 30.6 Å². The molecule has 0 aromatic heterocycles. The van der Waals surface area contributed by atoms with Gasteiger partial charge in [-0.2, -0.15) is 0 Å². The summed E-state index contributed by atoms with van der Waals surface area (Å²) in [7, 11) is 0. The molecule has 152 valence electrons. The number of rotatable bonds is 4. The number of fused-ring (bicyclic) bond motifs is 1. The number of amides is 1. The Morgan fingerprint density at radius 1 is 1.28 bits per heavy atom. The Hall–Kier alpha value is -3.26. The fourth-order valence-corrected chi connectivity index (χ4v) is 3.16. The predicted molar refractivity (Wildman–Crippen MR) is 98.0 cm³/mol. The zero-order valence-electron chi connectivity index (χ0n) is 15.6. The molecule has 1 atom stereocenters. The smallest absolute Gasteiger partial charge is 0.257 e. The Morgan fingerprint density at radius 3 is 2.55 bits per heavy atom. The fraction of sp³-hybridized carbons (Fsp3) is 0.316. The number of carbonyl (C=O) groups excluding carboxylic acids is 1. The molecule has 2 N–H and O–H groups in total. The second-order valence-electron chi connectivity index (χ2n) is 7.29. The first-order chi connectivity index (χ1) is 13.6. The van der Waals surface area contributed by atoms with Gasteiger partial charge >= 0.3 is 0 Å². The van der Waals surface area contributed by atoms with E-state index >= 15 is 0 Å². The number of nitrogens with zero attached hydrogens (tertiary/aromatic N) is 3. The van der Waals surface area contributed by atoms with Gasteiger partial charge in [0.05, 0.1) is 5.54 Å². The highest BCUT2D eigenvalue weighted by Crippen LogP contribution is 2.31. The van der Waals surface area contributed by atoms with Crippen molar-refractivity contribution in [2.75, 3.05) is 6.54 Å². The van der Waals surface area contributed by atoms with Gasteiger partial charge in [0.15, 0.2) is 23.3 Å². The number of hydrogen-bond donors (Lipinski definition) is 2. The maximum Gasteiger partial charge on any atom is 0.257 e. The SMILES string of the molecule is CC1(C)C=CC2=CC(CNC(=O)c3c(F)c(F)c(N=[N+]=[N-])c(F)c3F)CC=C2N1. The van der Waals surface area contributed by atoms with Gasteiger partial charge in [-0.3, -0.25) is 4.79 Å². The summed E-state index contributed by atoms with van der Waals surface area (Å²) in [5.41, 5.74) is 7.07. The highest BCUT2D eigenvalue weighted by molar-refractivity contribution is 5.95. The minimum atomic E-state index is -1.93. The van der Waals surface area contributed by atoms with Gasteiger partial charge in [0, 0.05) is 17.2 Å². The molecule has 6 nitrogen and oxygen atoms in total. The maximum absolute atomic E-state index is 14.1. The van der Waals surface area contributed by atoms with E-state index in [0.717, 1.165) is 11.3 Å². The van der Waals surface area contributed by atoms with Gasteiger partial charge < -0.3 is 10.6 Å². The van der Waals surface area contributed by atoms with Gasteiger partial charge in [-0.1, -0.05) is 29.4 Å². The van der Waals surface area contributed by atoms with Crippen LogP contribution in [0.3, 0.4) is 0 Å². The Bertz CT molecular complexity index is 993. The topological polar surface area (TPSA) is 89.9 Å². The quantitative estimate of drug-likeness (QED) is 0.249. The molecule has 0 saturated heterocycles. The van der Waals surface area contributed by atoms with Crippen LogP contribution in [0.2, 0.25) is 0 Å². The number of halogens is 4. The largest absolute Gasteiger partial charge is 0.376 e. The second-order valence-corrected chi connectivity index (χ2v) is 7.29. The second kappa shape index (κ2) is 7.63. The summed E-state index contributed by atoms with van der Waals surface area (Å²) in [6, 6.07) is 0. The highest BCUT2D eigenvalue weighted by atomic mass is 19.2. The van der Waals surface area contributed by atoms with Gasteiger partial charge in [-0.25, -0.2) is 17.6 Å². The van der Waals surface area contributed by atoms with Crippen LogP contribution in [-0.4, -0.2) is 18.0 Å². The molecule has 1 aliphatic carbocycles. The summed E-state index contributed by atoms with van der Waals surface area (Å²) in [6.07, 6.45) is 8.33. The lowest BCUT2D eigenvalue weighted by molar-refractivity contribution is 0.0938. The van der Waals surface area contributed by atoms with E-state index in [4.69, 9.17) is 5.53 Å². The van der Waals surface area contributed by atoms with E-state index in [2.05, 4.69) is 20.7 Å². The minimum absolute atomic E-state index is 0.00354. The molecule has 1 aliphatic heterocycles. The number of azide groups is 1. The number of benzene rings is 1. The molecule has 1 heterocycles. The van der Waals surface area contributed by atoms with E-state index in [0.29, 0.717) is 6.42 Å². The van der Waals surface area contributed by atoms with Gasteiger partial charge in [0.25, 0.3) is 5.91 Å². The lowest BCUT2D eigenvalue weighted by Crippen LogP contribution is -2.40. The standard InChI is InChI=1S/C19H17F4N5O/c1-19(2)6-5-10-7-9(3-4-11(10)26-19)8-25-18(29)12-13(20)15(22)17(27-28-24)16(23)14(12)21/h4-7,9,26H,3,8H2,1-2H3,(H,25,29). The molecule has 0 saturated carbocycles. The zero-order valence-corrected chi connectivity index (χ0v) is 15.6. The summed E-state index contributed by atoms with van der Waals surface area (Å²) in [5, 5.41) is 8.23. The van der Waals surface area contributed by atoms with Crippen molar-refractivity contribution in [3.8, 4) is 0 Å². The van der Waals surface area contributed by atoms with E-state index in [-0.39, 0.29) is 18.0 Å². The molecule has 1 amide bonds. The lowest BCUT2D eigenvalue weighted by Gasteiger charge is -2.33. The number of carbonyl (C=O) groups is 1. The normalized spacial score (nSPS) is 19.3. The molecule has 2 aliphatic rings. The minimum Gasteiger partial charge on any atom is -0.376 e. The molecule has 0 bridgehead atoms. The van der Waals surface area contributed by atoms with Crippen molar-refractivity contribution < 1.29 is 22.4 Å². The van der Waals surface area contributed by atoms with E-state index in [1.807, 2.05) is 38.2 Å². The third-order valence-corrected chi connectivity index (χ3v) is 4.62. The fourth-order valence-electron chi connectivity index (χ4n) is 3.16. The zero-order chi connectivity index (χ0) is 21.3. The van der Waals surface area contributed by atoms with E-state index < -0.39 is 40.4 Å². The summed E-state index contributed by atoms with van der Waals surface area (Å²) in [5.74, 6) is -9.18. The van der Waals surface area contributed by atoms with Crippen molar-refractivity contribution in [3.63, 3.8) is 0 Å². The van der Waals surface area contributed by atoms with Crippen LogP contribution in [0.5, 0.6) is 0 Å². The van der Waals surface area contributed by atoms with Crippen molar-refractivity contribution >= 4 is 11.6 Å². The summed E-state index contributed by atoms with van der Waals surface area (Å²) < 4.78 is 55.8. The molecular weight excluding hydrogens is 390 g/mol. The van der Waals surface area contributed by atoms with Gasteiger partial charge in [0.1, 0.15) is 11.3 Å². The molecule has 0 spiro atoms. The van der Waals surface area contributed by atoms with Crippen LogP contribution < -0.4 is 10.6 Å². The molecular formula is C19H17F4N5O. The lowest BCUT2D eigenvalue weighted by atomic mass is 9.88. The Morgan fingerprint density at radius 2 is 1.93 bits per heavy atom. The van der Waals surface area contributed by atoms with Crippen molar-refractivity contribution in [1.29, 1.82) is 0 Å². The number of allylic oxidation sites excluding steroid dienone is 2. The Labute approximate surface area is 163 Å². The molecule has 1 aromatic carbocycles. The number of hydrogen-bond acceptors (Lipinski definition) is 3. The van der Waals surface area contributed by atoms with Gasteiger partial charge in [-0.05, 0) is 37.3 Å². The van der Waals surface area contributed by atoms with Crippen LogP contribution in [0.15, 0.2) is 40.7 Å². The first-order valence-electron chi connectivity index (χ1n) is 8.73. The van der Waals surface area contributed by atoms with Crippen molar-refractivity contribution in [2.45, 2.75) is 25.8 Å². The van der Waals surface area contributed by atoms with Crippen LogP contribution >= 0.6 is 0 Å². The first-order valence-corrected chi connectivity index (χ1v) is 8.73. The molecule has 1 aromatic rings. The molecule has 29 heavy (non-hydrogen) atoms. The molecule has 3 rings (SSSR count). The summed E-state index contributed by atoms with van der Waals surface area (Å²) >= 11 is 0. The van der Waals surface area contributed by atoms with Crippen LogP contribution in [-0.2, 0) is 0 Å². The third-order valence-electron chi connectivity index (χ3n) is 4.62. The maximum atomic E-state index is 14.1. The van der Waals surface area contributed by atoms with Crippen LogP contribution in [0.4, 0.5) is 23.2 Å². The van der Waals surface area contributed by atoms with Crippen molar-refractivity contribution in [1.82, 2.24) is 10.6 Å². The monoisotopic (exact) mass is 407 g/mol. The first kappa shape index (κ1) is 20.5. The third kappa shape index (κ3) is 3.97. The van der Waals surface area contributed by atoms with Crippen LogP contribution in [0.25, 0.3) is 10.4 Å². The summed E-state index contributed by atoms with van der Waals surface area (Å²) in [4.78, 5) is 14.3. The van der Waals surface area contributed by atoms with Gasteiger partial charge in [-0.15, -0.1) is 0 Å². The van der Waals surface area contributed by atoms with E-state index in [9.17, 15) is 22.4 Å². The highest BCUT2D eigenvalue weighted by Gasteiger charge is 2.29. The van der Waals surface area contributed by atoms with Gasteiger partial charge in [0.2, 0.25) is 0 Å². The average molecular weight is 407 g/mol. The van der Waals surface area contributed by atoms with Crippen molar-refractivity contribution in [2.24, 2.45) is 11.0 Å². The molecule has 10 heteroatoms. The predicted octanol–water partition coefficient (Wildman–Crippen LogP) is 4.68. The van der Waals surface area contributed by atoms with E-state index in [1.54, 1.807) is 0 Å². The Kier molecular flexibility index (Phi) is 5.39. The Balaban J connectivity index is 1.77. The molecule has 1 unspecified atom stereocenters. The van der Waals surface area contributed by atoms with Crippen LogP contribution in [0, 0.1) is 29.2 Å². The molecule has 0 fully saturated rings. The number of nitrogens with one attached hydrogen (secondary N) is 2. The molecule has 0 radical (unpaired) electrons.